The van der Waals surface area contributed by atoms with Gasteiger partial charge in [0, 0.05) is 0 Å². The molecule has 2 fully saturated rings. The average Bonchev–Trinajstić information content (AvgIpc) is 3.02. The highest BCUT2D eigenvalue weighted by Crippen LogP contribution is 2.43. The zero-order valence-electron chi connectivity index (χ0n) is 10.1. The van der Waals surface area contributed by atoms with Crippen molar-refractivity contribution in [1.29, 1.82) is 0 Å². The van der Waals surface area contributed by atoms with Gasteiger partial charge in [-0.25, -0.2) is 0 Å². The lowest BCUT2D eigenvalue weighted by Crippen LogP contribution is -2.28. The molecule has 106 valence electrons. The maximum absolute atomic E-state index is 12.0. The molecule has 19 heavy (non-hydrogen) atoms. The van der Waals surface area contributed by atoms with Gasteiger partial charge >= 0.3 is 6.18 Å². The minimum atomic E-state index is -4.23. The lowest BCUT2D eigenvalue weighted by molar-refractivity contribution is -0.125. The number of aromatic nitrogens is 2. The smallest absolute Gasteiger partial charge is 0.374 e. The molecule has 5 nitrogen and oxygen atoms in total. The van der Waals surface area contributed by atoms with Crippen molar-refractivity contribution in [2.24, 2.45) is 0 Å². The van der Waals surface area contributed by atoms with E-state index in [9.17, 15) is 13.2 Å². The van der Waals surface area contributed by atoms with Crippen molar-refractivity contribution in [3.05, 3.63) is 11.7 Å². The minimum Gasteiger partial charge on any atom is -0.374 e. The summed E-state index contributed by atoms with van der Waals surface area (Å²) in [6.07, 6.45) is -0.885. The van der Waals surface area contributed by atoms with Gasteiger partial charge in [0.1, 0.15) is 0 Å². The lowest BCUT2D eigenvalue weighted by atomic mass is 9.89. The molecule has 0 spiro atoms. The van der Waals surface area contributed by atoms with Crippen LogP contribution in [0.5, 0.6) is 0 Å². The zero-order valence-corrected chi connectivity index (χ0v) is 10.1. The van der Waals surface area contributed by atoms with Crippen LogP contribution in [0.25, 0.3) is 0 Å². The van der Waals surface area contributed by atoms with Gasteiger partial charge in [-0.1, -0.05) is 5.16 Å². The SMILES string of the molecule is FC(F)(F)CNCc1nc(C2CC3CCC2O3)no1. The van der Waals surface area contributed by atoms with Crippen LogP contribution in [0.1, 0.15) is 36.9 Å². The number of ether oxygens (including phenoxy) is 1. The van der Waals surface area contributed by atoms with Gasteiger partial charge in [0.15, 0.2) is 5.82 Å². The second-order valence-electron chi connectivity index (χ2n) is 4.98. The average molecular weight is 277 g/mol. The summed E-state index contributed by atoms with van der Waals surface area (Å²) in [5.74, 6) is 0.858. The number of alkyl halides is 3. The van der Waals surface area contributed by atoms with E-state index in [1.54, 1.807) is 0 Å². The molecule has 8 heteroatoms. The van der Waals surface area contributed by atoms with E-state index < -0.39 is 12.7 Å². The molecule has 0 saturated carbocycles. The number of halogens is 3. The van der Waals surface area contributed by atoms with E-state index in [1.165, 1.54) is 0 Å². The van der Waals surface area contributed by atoms with Crippen molar-refractivity contribution < 1.29 is 22.4 Å². The van der Waals surface area contributed by atoms with Crippen molar-refractivity contribution in [3.63, 3.8) is 0 Å². The van der Waals surface area contributed by atoms with Crippen LogP contribution >= 0.6 is 0 Å². The van der Waals surface area contributed by atoms with E-state index in [-0.39, 0.29) is 30.6 Å². The highest BCUT2D eigenvalue weighted by atomic mass is 19.4. The van der Waals surface area contributed by atoms with Crippen LogP contribution < -0.4 is 5.32 Å². The summed E-state index contributed by atoms with van der Waals surface area (Å²) in [4.78, 5) is 4.14. The van der Waals surface area contributed by atoms with E-state index in [2.05, 4.69) is 15.5 Å². The summed E-state index contributed by atoms with van der Waals surface area (Å²) in [7, 11) is 0. The van der Waals surface area contributed by atoms with Crippen molar-refractivity contribution in [3.8, 4) is 0 Å². The second-order valence-corrected chi connectivity index (χ2v) is 4.98. The van der Waals surface area contributed by atoms with Gasteiger partial charge in [-0.3, -0.25) is 0 Å². The first kappa shape index (κ1) is 12.9. The molecular weight excluding hydrogens is 263 g/mol. The summed E-state index contributed by atoms with van der Waals surface area (Å²) < 4.78 is 46.5. The van der Waals surface area contributed by atoms with Crippen LogP contribution in [-0.2, 0) is 11.3 Å². The molecule has 3 unspecified atom stereocenters. The summed E-state index contributed by atoms with van der Waals surface area (Å²) in [5, 5.41) is 6.07. The Labute approximate surface area is 107 Å². The van der Waals surface area contributed by atoms with Gasteiger partial charge in [-0.2, -0.15) is 18.2 Å². The predicted molar refractivity (Wildman–Crippen MR) is 57.3 cm³/mol. The Kier molecular flexibility index (Phi) is 3.22. The van der Waals surface area contributed by atoms with Gasteiger partial charge < -0.3 is 14.6 Å². The summed E-state index contributed by atoms with van der Waals surface area (Å²) in [6, 6.07) is 0. The van der Waals surface area contributed by atoms with E-state index in [1.807, 2.05) is 0 Å². The Bertz CT molecular complexity index is 449. The molecule has 2 bridgehead atoms. The molecule has 1 aromatic rings. The molecule has 2 saturated heterocycles. The molecule has 1 aromatic heterocycles. The first-order valence-electron chi connectivity index (χ1n) is 6.27. The number of nitrogens with one attached hydrogen (secondary N) is 1. The van der Waals surface area contributed by atoms with Crippen molar-refractivity contribution in [2.75, 3.05) is 6.54 Å². The Morgan fingerprint density at radius 3 is 2.79 bits per heavy atom. The number of hydrogen-bond donors (Lipinski definition) is 1. The second kappa shape index (κ2) is 4.75. The van der Waals surface area contributed by atoms with Crippen LogP contribution in [0.2, 0.25) is 0 Å². The monoisotopic (exact) mass is 277 g/mol. The molecule has 0 amide bonds. The Hall–Kier alpha value is -1.15. The topological polar surface area (TPSA) is 60.2 Å². The van der Waals surface area contributed by atoms with Crippen molar-refractivity contribution in [2.45, 2.75) is 50.1 Å². The summed E-state index contributed by atoms with van der Waals surface area (Å²) >= 11 is 0. The molecule has 0 aliphatic carbocycles. The molecule has 3 heterocycles. The van der Waals surface area contributed by atoms with Gasteiger partial charge in [-0.05, 0) is 19.3 Å². The Morgan fingerprint density at radius 2 is 2.16 bits per heavy atom. The molecule has 2 aliphatic rings. The highest BCUT2D eigenvalue weighted by molar-refractivity contribution is 5.06. The fraction of sp³-hybridized carbons (Fsp3) is 0.818. The molecule has 0 aromatic carbocycles. The maximum atomic E-state index is 12.0. The number of fused-ring (bicyclic) bond motifs is 2. The molecule has 2 aliphatic heterocycles. The van der Waals surface area contributed by atoms with Gasteiger partial charge in [0.25, 0.3) is 0 Å². The Morgan fingerprint density at radius 1 is 1.32 bits per heavy atom. The molecule has 3 rings (SSSR count). The van der Waals surface area contributed by atoms with Gasteiger partial charge in [-0.15, -0.1) is 0 Å². The number of nitrogens with zero attached hydrogens (tertiary/aromatic N) is 2. The highest BCUT2D eigenvalue weighted by Gasteiger charge is 2.43. The summed E-state index contributed by atoms with van der Waals surface area (Å²) in [6.45, 7) is -1.14. The third-order valence-electron chi connectivity index (χ3n) is 3.52. The molecular formula is C11H14F3N3O2. The minimum absolute atomic E-state index is 0.0752. The first-order valence-corrected chi connectivity index (χ1v) is 6.27. The maximum Gasteiger partial charge on any atom is 0.401 e. The van der Waals surface area contributed by atoms with Crippen LogP contribution in [0.15, 0.2) is 4.52 Å². The fourth-order valence-electron chi connectivity index (χ4n) is 2.71. The van der Waals surface area contributed by atoms with Crippen LogP contribution in [-0.4, -0.2) is 35.1 Å². The van der Waals surface area contributed by atoms with Gasteiger partial charge in [0.05, 0.1) is 31.2 Å². The fourth-order valence-corrected chi connectivity index (χ4v) is 2.71. The molecule has 3 atom stereocenters. The normalized spacial score (nSPS) is 30.2. The van der Waals surface area contributed by atoms with Crippen molar-refractivity contribution >= 4 is 0 Å². The lowest BCUT2D eigenvalue weighted by Gasteiger charge is -2.13. The first-order chi connectivity index (χ1) is 9.01. The summed E-state index contributed by atoms with van der Waals surface area (Å²) in [5.41, 5.74) is 0. The number of hydrogen-bond acceptors (Lipinski definition) is 5. The third kappa shape index (κ3) is 2.89. The van der Waals surface area contributed by atoms with Gasteiger partial charge in [0.2, 0.25) is 5.89 Å². The zero-order chi connectivity index (χ0) is 13.5. The largest absolute Gasteiger partial charge is 0.401 e. The predicted octanol–water partition coefficient (Wildman–Crippen LogP) is 1.76. The van der Waals surface area contributed by atoms with E-state index in [0.29, 0.717) is 5.82 Å². The van der Waals surface area contributed by atoms with Crippen molar-refractivity contribution in [1.82, 2.24) is 15.5 Å². The third-order valence-corrected chi connectivity index (χ3v) is 3.52. The van der Waals surface area contributed by atoms with E-state index in [0.717, 1.165) is 19.3 Å². The molecule has 1 N–H and O–H groups in total. The molecule has 0 radical (unpaired) electrons. The van der Waals surface area contributed by atoms with E-state index in [4.69, 9.17) is 9.26 Å². The standard InChI is InChI=1S/C11H14F3N3O2/c12-11(13,14)5-15-4-9-16-10(17-19-9)7-3-6-1-2-8(7)18-6/h6-8,15H,1-5H2. The van der Waals surface area contributed by atoms with Crippen LogP contribution in [0, 0.1) is 0 Å². The van der Waals surface area contributed by atoms with Crippen LogP contribution in [0.3, 0.4) is 0 Å². The number of rotatable bonds is 4. The van der Waals surface area contributed by atoms with Crippen LogP contribution in [0.4, 0.5) is 13.2 Å². The van der Waals surface area contributed by atoms with E-state index >= 15 is 0 Å². The Balaban J connectivity index is 1.55. The quantitative estimate of drug-likeness (QED) is 0.908.